The maximum absolute atomic E-state index is 12.0. The molecule has 2 amide bonds. The lowest BCUT2D eigenvalue weighted by molar-refractivity contribution is -0.117. The smallest absolute Gasteiger partial charge is 0.253 e. The number of anilines is 1. The van der Waals surface area contributed by atoms with Crippen LogP contribution in [0.2, 0.25) is 0 Å². The van der Waals surface area contributed by atoms with E-state index in [2.05, 4.69) is 10.6 Å². The van der Waals surface area contributed by atoms with Crippen molar-refractivity contribution in [2.45, 2.75) is 19.4 Å². The van der Waals surface area contributed by atoms with Crippen LogP contribution in [0.1, 0.15) is 23.7 Å². The number of para-hydroxylation sites is 1. The van der Waals surface area contributed by atoms with Crippen molar-refractivity contribution in [1.82, 2.24) is 5.32 Å². The number of benzene rings is 1. The normalized spacial score (nSPS) is 11.8. The molecule has 0 aliphatic rings. The Morgan fingerprint density at radius 3 is 2.70 bits per heavy atom. The van der Waals surface area contributed by atoms with Crippen LogP contribution in [0.4, 0.5) is 5.69 Å². The van der Waals surface area contributed by atoms with Crippen molar-refractivity contribution in [3.05, 3.63) is 29.8 Å². The number of nitrogens with one attached hydrogen (secondary N) is 2. The SMILES string of the molecule is CC[C@@H](N)C(=O)Nc1ccccc1C(=O)NCCOC. The monoisotopic (exact) mass is 279 g/mol. The van der Waals surface area contributed by atoms with Gasteiger partial charge in [-0.25, -0.2) is 0 Å². The van der Waals surface area contributed by atoms with Crippen molar-refractivity contribution in [1.29, 1.82) is 0 Å². The number of carbonyl (C=O) groups is 2. The number of rotatable bonds is 7. The van der Waals surface area contributed by atoms with Crippen LogP contribution in [-0.4, -0.2) is 38.1 Å². The number of nitrogens with two attached hydrogens (primary N) is 1. The largest absolute Gasteiger partial charge is 0.383 e. The van der Waals surface area contributed by atoms with E-state index in [9.17, 15) is 9.59 Å². The first-order chi connectivity index (χ1) is 9.60. The Balaban J connectivity index is 2.77. The van der Waals surface area contributed by atoms with Gasteiger partial charge in [-0.2, -0.15) is 0 Å². The van der Waals surface area contributed by atoms with Gasteiger partial charge in [0.15, 0.2) is 0 Å². The highest BCUT2D eigenvalue weighted by molar-refractivity contribution is 6.04. The molecule has 1 atom stereocenters. The molecule has 0 saturated carbocycles. The van der Waals surface area contributed by atoms with Gasteiger partial charge in [-0.05, 0) is 18.6 Å². The van der Waals surface area contributed by atoms with E-state index in [1.165, 1.54) is 0 Å². The third kappa shape index (κ3) is 4.64. The van der Waals surface area contributed by atoms with Crippen molar-refractivity contribution in [3.63, 3.8) is 0 Å². The summed E-state index contributed by atoms with van der Waals surface area (Å²) in [4.78, 5) is 23.8. The highest BCUT2D eigenvalue weighted by Crippen LogP contribution is 2.15. The van der Waals surface area contributed by atoms with Gasteiger partial charge in [-0.3, -0.25) is 9.59 Å². The number of carbonyl (C=O) groups excluding carboxylic acids is 2. The predicted octanol–water partition coefficient (Wildman–Crippen LogP) is 0.739. The molecular formula is C14H21N3O3. The number of methoxy groups -OCH3 is 1. The van der Waals surface area contributed by atoms with Crippen LogP contribution in [0.3, 0.4) is 0 Å². The number of hydrogen-bond donors (Lipinski definition) is 3. The molecule has 0 aliphatic carbocycles. The molecule has 110 valence electrons. The highest BCUT2D eigenvalue weighted by atomic mass is 16.5. The van der Waals surface area contributed by atoms with Gasteiger partial charge < -0.3 is 21.1 Å². The minimum atomic E-state index is -0.584. The summed E-state index contributed by atoms with van der Waals surface area (Å²) >= 11 is 0. The maximum Gasteiger partial charge on any atom is 0.253 e. The first-order valence-electron chi connectivity index (χ1n) is 6.52. The Kier molecular flexibility index (Phi) is 6.69. The second-order valence-electron chi connectivity index (χ2n) is 4.30. The second-order valence-corrected chi connectivity index (χ2v) is 4.30. The minimum Gasteiger partial charge on any atom is -0.383 e. The molecular weight excluding hydrogens is 258 g/mol. The van der Waals surface area contributed by atoms with Crippen LogP contribution in [0.25, 0.3) is 0 Å². The van der Waals surface area contributed by atoms with E-state index in [1.807, 2.05) is 6.92 Å². The van der Waals surface area contributed by atoms with Gasteiger partial charge in [0.2, 0.25) is 5.91 Å². The summed E-state index contributed by atoms with van der Waals surface area (Å²) in [6, 6.07) is 6.22. The predicted molar refractivity (Wildman–Crippen MR) is 77.5 cm³/mol. The van der Waals surface area contributed by atoms with Gasteiger partial charge in [0.25, 0.3) is 5.91 Å². The Bertz CT molecular complexity index is 463. The van der Waals surface area contributed by atoms with Gasteiger partial charge in [-0.15, -0.1) is 0 Å². The van der Waals surface area contributed by atoms with Crippen LogP contribution in [0.15, 0.2) is 24.3 Å². The zero-order valence-corrected chi connectivity index (χ0v) is 11.8. The van der Waals surface area contributed by atoms with Crippen molar-refractivity contribution < 1.29 is 14.3 Å². The second kappa shape index (κ2) is 8.29. The lowest BCUT2D eigenvalue weighted by Gasteiger charge is -2.13. The molecule has 4 N–H and O–H groups in total. The maximum atomic E-state index is 12.0. The molecule has 0 saturated heterocycles. The Hall–Kier alpha value is -1.92. The van der Waals surface area contributed by atoms with Gasteiger partial charge in [0, 0.05) is 13.7 Å². The summed E-state index contributed by atoms with van der Waals surface area (Å²) in [6.45, 7) is 2.67. The van der Waals surface area contributed by atoms with Crippen molar-refractivity contribution in [3.8, 4) is 0 Å². The molecule has 0 radical (unpaired) electrons. The van der Waals surface area contributed by atoms with Gasteiger partial charge in [0.05, 0.1) is 23.9 Å². The van der Waals surface area contributed by atoms with E-state index in [0.29, 0.717) is 30.8 Å². The minimum absolute atomic E-state index is 0.261. The molecule has 0 heterocycles. The van der Waals surface area contributed by atoms with Crippen molar-refractivity contribution >= 4 is 17.5 Å². The summed E-state index contributed by atoms with van der Waals surface area (Å²) < 4.78 is 4.87. The molecule has 0 fully saturated rings. The average molecular weight is 279 g/mol. The lowest BCUT2D eigenvalue weighted by atomic mass is 10.1. The molecule has 1 rings (SSSR count). The van der Waals surface area contributed by atoms with Crippen molar-refractivity contribution in [2.24, 2.45) is 5.73 Å². The number of hydrogen-bond acceptors (Lipinski definition) is 4. The highest BCUT2D eigenvalue weighted by Gasteiger charge is 2.15. The molecule has 20 heavy (non-hydrogen) atoms. The molecule has 0 aliphatic heterocycles. The summed E-state index contributed by atoms with van der Waals surface area (Å²) in [5.41, 5.74) is 6.52. The topological polar surface area (TPSA) is 93.5 Å². The fraction of sp³-hybridized carbons (Fsp3) is 0.429. The van der Waals surface area contributed by atoms with E-state index in [4.69, 9.17) is 10.5 Å². The first kappa shape index (κ1) is 16.1. The third-order valence-electron chi connectivity index (χ3n) is 2.80. The van der Waals surface area contributed by atoms with Crippen LogP contribution >= 0.6 is 0 Å². The standard InChI is InChI=1S/C14H21N3O3/c1-3-11(15)14(19)17-12-7-5-4-6-10(12)13(18)16-8-9-20-2/h4-7,11H,3,8-9,15H2,1-2H3,(H,16,18)(H,17,19)/t11-/m1/s1. The van der Waals surface area contributed by atoms with Crippen LogP contribution < -0.4 is 16.4 Å². The van der Waals surface area contributed by atoms with Gasteiger partial charge >= 0.3 is 0 Å². The summed E-state index contributed by atoms with van der Waals surface area (Å²) in [5.74, 6) is -0.562. The third-order valence-corrected chi connectivity index (χ3v) is 2.80. The zero-order chi connectivity index (χ0) is 15.0. The molecule has 0 spiro atoms. The Morgan fingerprint density at radius 1 is 1.35 bits per heavy atom. The fourth-order valence-electron chi connectivity index (χ4n) is 1.56. The van der Waals surface area contributed by atoms with Gasteiger partial charge in [0.1, 0.15) is 0 Å². The molecule has 0 bridgehead atoms. The summed E-state index contributed by atoms with van der Waals surface area (Å²) in [7, 11) is 1.56. The first-order valence-corrected chi connectivity index (χ1v) is 6.52. The molecule has 6 heteroatoms. The zero-order valence-electron chi connectivity index (χ0n) is 11.8. The van der Waals surface area contributed by atoms with Crippen LogP contribution in [0, 0.1) is 0 Å². The quantitative estimate of drug-likeness (QED) is 0.642. The van der Waals surface area contributed by atoms with Crippen molar-refractivity contribution in [2.75, 3.05) is 25.6 Å². The van der Waals surface area contributed by atoms with E-state index >= 15 is 0 Å². The lowest BCUT2D eigenvalue weighted by Crippen LogP contribution is -2.35. The van der Waals surface area contributed by atoms with Crippen LogP contribution in [0.5, 0.6) is 0 Å². The number of amides is 2. The van der Waals surface area contributed by atoms with Gasteiger partial charge in [-0.1, -0.05) is 19.1 Å². The van der Waals surface area contributed by atoms with Crippen LogP contribution in [-0.2, 0) is 9.53 Å². The molecule has 1 aromatic rings. The van der Waals surface area contributed by atoms with E-state index in [-0.39, 0.29) is 11.8 Å². The Morgan fingerprint density at radius 2 is 2.05 bits per heavy atom. The summed E-state index contributed by atoms with van der Waals surface area (Å²) in [5, 5.41) is 5.39. The van der Waals surface area contributed by atoms with E-state index < -0.39 is 6.04 Å². The fourth-order valence-corrected chi connectivity index (χ4v) is 1.56. The average Bonchev–Trinajstić information content (AvgIpc) is 2.47. The molecule has 6 nitrogen and oxygen atoms in total. The molecule has 0 unspecified atom stereocenters. The van der Waals surface area contributed by atoms with E-state index in [1.54, 1.807) is 31.4 Å². The van der Waals surface area contributed by atoms with E-state index in [0.717, 1.165) is 0 Å². The Labute approximate surface area is 118 Å². The molecule has 0 aromatic heterocycles. The summed E-state index contributed by atoms with van der Waals surface area (Å²) in [6.07, 6.45) is 0.536. The number of ether oxygens (including phenoxy) is 1. The molecule has 1 aromatic carbocycles.